The molecule has 0 unspecified atom stereocenters. The topological polar surface area (TPSA) is 103 Å². The van der Waals surface area contributed by atoms with Crippen molar-refractivity contribution in [2.45, 2.75) is 39.3 Å². The molecule has 18 rings (SSSR count). The third-order valence-electron chi connectivity index (χ3n) is 17.0. The Labute approximate surface area is 740 Å². The molecule has 0 amide bonds. The van der Waals surface area contributed by atoms with Crippen LogP contribution in [0, 0.1) is 48.5 Å². The second-order valence-corrected chi connectivity index (χ2v) is 37.4. The van der Waals surface area contributed by atoms with Crippen LogP contribution in [0.1, 0.15) is 0 Å². The first-order valence-corrected chi connectivity index (χ1v) is 43.9. The van der Waals surface area contributed by atoms with Gasteiger partial charge in [0.15, 0.2) is 0 Å². The zero-order valence-electron chi connectivity index (χ0n) is 65.0. The maximum atomic E-state index is 4.61. The van der Waals surface area contributed by atoms with E-state index in [9.17, 15) is 0 Å². The van der Waals surface area contributed by atoms with E-state index in [1.54, 1.807) is 24.8 Å². The van der Waals surface area contributed by atoms with Crippen molar-refractivity contribution in [2.24, 2.45) is 0 Å². The number of benzene rings is 10. The Balaban J connectivity index is 0.000000183. The minimum absolute atomic E-state index is 0. The molecule has 0 aliphatic heterocycles. The van der Waals surface area contributed by atoms with Crippen LogP contribution in [0.15, 0.2) is 401 Å². The summed E-state index contributed by atoms with van der Waals surface area (Å²) in [5, 5.41) is 6.35. The van der Waals surface area contributed by atoms with Gasteiger partial charge in [-0.15, -0.1) is 287 Å². The fraction of sp³-hybridized carbons (Fsp3) is 0.0588. The van der Waals surface area contributed by atoms with Gasteiger partial charge in [-0.2, -0.15) is 0 Å². The third-order valence-corrected chi connectivity index (χ3v) is 21.1. The van der Waals surface area contributed by atoms with Crippen molar-refractivity contribution in [3.63, 3.8) is 0 Å². The molecular formula is C102H84Ir4N8Si2-8. The molecule has 0 aliphatic rings. The molecule has 0 bridgehead atoms. The Bertz CT molecular complexity index is 5100. The molecule has 14 heteroatoms. The van der Waals surface area contributed by atoms with Gasteiger partial charge in [-0.05, 0) is 108 Å². The molecule has 0 fully saturated rings. The van der Waals surface area contributed by atoms with Crippen molar-refractivity contribution in [1.82, 2.24) is 39.9 Å². The fourth-order valence-corrected chi connectivity index (χ4v) is 13.1. The van der Waals surface area contributed by atoms with E-state index in [1.807, 2.05) is 328 Å². The Kier molecular flexibility index (Phi) is 39.4. The molecule has 584 valence electrons. The average Bonchev–Trinajstić information content (AvgIpc) is 0.815. The molecule has 0 aliphatic carbocycles. The maximum absolute atomic E-state index is 4.61. The minimum atomic E-state index is -1.23. The van der Waals surface area contributed by atoms with Crippen LogP contribution in [0.2, 0.25) is 39.3 Å². The molecule has 8 aromatic heterocycles. The van der Waals surface area contributed by atoms with E-state index < -0.39 is 16.1 Å². The summed E-state index contributed by atoms with van der Waals surface area (Å²) in [5.41, 5.74) is 17.2. The summed E-state index contributed by atoms with van der Waals surface area (Å²) >= 11 is 0. The van der Waals surface area contributed by atoms with Crippen LogP contribution in [-0.4, -0.2) is 56.0 Å². The SMILES string of the molecule is C[Si](C)(C)c1ccc(-c2[c-]cccc2)nc1.C[Si](C)(C)c1ccc(-c2[c-]cccc2)nc1.[Ir].[Ir].[Ir].[Ir].[c-]1ccccc1-c1ccc2ccccc2n1.[c-]1ccccc1-c1ccccn1.[c-]1ccccc1-c1ccccn1.[c-]1ccccc1-c1ccccn1.[c-]1ccccc1-c1ccccn1.[c-]1ccccc1-c1nccc2ccccc12. The molecule has 0 saturated heterocycles. The molecule has 116 heavy (non-hydrogen) atoms. The smallest absolute Gasteiger partial charge is 0.0795 e. The molecule has 10 aromatic carbocycles. The van der Waals surface area contributed by atoms with Crippen molar-refractivity contribution < 1.29 is 80.4 Å². The quantitative estimate of drug-likeness (QED) is 0.0985. The normalized spacial score (nSPS) is 10.1. The summed E-state index contributed by atoms with van der Waals surface area (Å²) in [6.07, 6.45) is 13.0. The van der Waals surface area contributed by atoms with Crippen molar-refractivity contribution in [3.8, 4) is 90.1 Å². The first-order chi connectivity index (χ1) is 54.9. The summed E-state index contributed by atoms with van der Waals surface area (Å²) < 4.78 is 0. The summed E-state index contributed by atoms with van der Waals surface area (Å²) in [7, 11) is -2.46. The van der Waals surface area contributed by atoms with Crippen LogP contribution in [-0.2, 0) is 80.4 Å². The number of fused-ring (bicyclic) bond motifs is 2. The van der Waals surface area contributed by atoms with Gasteiger partial charge in [-0.1, -0.05) is 167 Å². The molecule has 0 atom stereocenters. The first-order valence-electron chi connectivity index (χ1n) is 36.9. The van der Waals surface area contributed by atoms with Gasteiger partial charge >= 0.3 is 0 Å². The van der Waals surface area contributed by atoms with E-state index in [1.165, 1.54) is 26.5 Å². The summed E-state index contributed by atoms with van der Waals surface area (Å²) in [4.78, 5) is 35.0. The first kappa shape index (κ1) is 92.1. The monoisotopic (exact) mass is 2250 g/mol. The maximum Gasteiger partial charge on any atom is 0.0795 e. The molecular weight excluding hydrogens is 2160 g/mol. The van der Waals surface area contributed by atoms with E-state index >= 15 is 0 Å². The summed E-state index contributed by atoms with van der Waals surface area (Å²) in [5.74, 6) is 0. The number of hydrogen-bond donors (Lipinski definition) is 0. The Morgan fingerprint density at radius 3 is 0.776 bits per heavy atom. The van der Waals surface area contributed by atoms with Crippen LogP contribution in [0.3, 0.4) is 0 Å². The van der Waals surface area contributed by atoms with Gasteiger partial charge in [0.25, 0.3) is 0 Å². The van der Waals surface area contributed by atoms with Gasteiger partial charge in [-0.25, -0.2) is 0 Å². The Morgan fingerprint density at radius 1 is 0.207 bits per heavy atom. The van der Waals surface area contributed by atoms with Gasteiger partial charge in [0, 0.05) is 124 Å². The van der Waals surface area contributed by atoms with Gasteiger partial charge in [0.05, 0.1) is 21.7 Å². The van der Waals surface area contributed by atoms with Crippen LogP contribution in [0.4, 0.5) is 0 Å². The predicted molar refractivity (Wildman–Crippen MR) is 469 cm³/mol. The van der Waals surface area contributed by atoms with E-state index in [2.05, 4.69) is 176 Å². The van der Waals surface area contributed by atoms with Crippen molar-refractivity contribution in [3.05, 3.63) is 450 Å². The molecule has 8 nitrogen and oxygen atoms in total. The van der Waals surface area contributed by atoms with E-state index in [0.717, 1.165) is 95.6 Å². The zero-order chi connectivity index (χ0) is 77.7. The van der Waals surface area contributed by atoms with Gasteiger partial charge < -0.3 is 34.9 Å². The van der Waals surface area contributed by atoms with Crippen LogP contribution >= 0.6 is 0 Å². The Morgan fingerprint density at radius 2 is 0.483 bits per heavy atom. The molecule has 0 N–H and O–H groups in total. The van der Waals surface area contributed by atoms with Crippen molar-refractivity contribution in [1.29, 1.82) is 0 Å². The average molecular weight is 2250 g/mol. The van der Waals surface area contributed by atoms with Crippen LogP contribution in [0.5, 0.6) is 0 Å². The van der Waals surface area contributed by atoms with Crippen LogP contribution < -0.4 is 10.4 Å². The minimum Gasteiger partial charge on any atom is -0.305 e. The second kappa shape index (κ2) is 49.7. The van der Waals surface area contributed by atoms with Gasteiger partial charge in [-0.3, -0.25) is 4.98 Å². The van der Waals surface area contributed by atoms with Gasteiger partial charge in [0.2, 0.25) is 0 Å². The second-order valence-electron chi connectivity index (χ2n) is 27.2. The number of rotatable bonds is 10. The molecule has 18 aromatic rings. The number of aromatic nitrogens is 8. The van der Waals surface area contributed by atoms with E-state index in [-0.39, 0.29) is 80.4 Å². The Hall–Kier alpha value is -11.0. The third kappa shape index (κ3) is 29.7. The predicted octanol–water partition coefficient (Wildman–Crippen LogP) is 23.8. The number of pyridine rings is 8. The zero-order valence-corrected chi connectivity index (χ0v) is 76.6. The summed E-state index contributed by atoms with van der Waals surface area (Å²) in [6.45, 7) is 14.0. The molecule has 0 spiro atoms. The standard InChI is InChI=1S/2C15H10N.2C14H16NSi.4C11H8N.4Ir/c1-2-7-13(8-3-1)15-14-9-5-4-6-12(14)10-11-16-15;1-2-6-12(7-3-1)15-11-10-13-8-4-5-9-14(13)16-15;2*1-16(2,3)13-9-10-14(15-11-13)12-7-5-4-6-8-12;4*1-2-6-10(7-3-1)11-8-4-5-9-12-11;;;;/h1-7,9-11H;1-6,8-11H;2*4-7,9-11H,1-3H3;4*1-6,8-9H;;;;/q8*-1;;;;. The molecule has 8 heterocycles. The van der Waals surface area contributed by atoms with Gasteiger partial charge in [0.1, 0.15) is 0 Å². The summed E-state index contributed by atoms with van der Waals surface area (Å²) in [6, 6.07) is 143. The molecule has 0 saturated carbocycles. The van der Waals surface area contributed by atoms with Crippen LogP contribution in [0.25, 0.3) is 112 Å². The van der Waals surface area contributed by atoms with E-state index in [4.69, 9.17) is 0 Å². The van der Waals surface area contributed by atoms with Crippen molar-refractivity contribution >= 4 is 48.2 Å². The number of nitrogens with zero attached hydrogens (tertiary/aromatic N) is 8. The molecule has 4 radical (unpaired) electrons. The van der Waals surface area contributed by atoms with Crippen molar-refractivity contribution in [2.75, 3.05) is 0 Å². The fourth-order valence-electron chi connectivity index (χ4n) is 11.0. The number of hydrogen-bond acceptors (Lipinski definition) is 8. The number of para-hydroxylation sites is 1. The van der Waals surface area contributed by atoms with E-state index in [0.29, 0.717) is 0 Å². The largest absolute Gasteiger partial charge is 0.305 e.